The van der Waals surface area contributed by atoms with Crippen LogP contribution in [0.15, 0.2) is 45.6 Å². The third-order valence-corrected chi connectivity index (χ3v) is 7.21. The maximum absolute atomic E-state index is 13.4. The van der Waals surface area contributed by atoms with E-state index >= 15 is 0 Å². The highest BCUT2D eigenvalue weighted by Crippen LogP contribution is 2.50. The number of hydrogen-bond donors (Lipinski definition) is 9. The Morgan fingerprint density at radius 1 is 0.795 bits per heavy atom. The molecule has 0 saturated carbocycles. The zero-order valence-electron chi connectivity index (χ0n) is 20.2. The van der Waals surface area contributed by atoms with Crippen molar-refractivity contribution in [2.75, 3.05) is 13.2 Å². The van der Waals surface area contributed by atoms with E-state index in [2.05, 4.69) is 0 Å². The van der Waals surface area contributed by atoms with Crippen LogP contribution < -0.4 is 5.43 Å². The summed E-state index contributed by atoms with van der Waals surface area (Å²) in [7, 11) is 0. The summed E-state index contributed by atoms with van der Waals surface area (Å²) < 4.78 is 17.0. The quantitative estimate of drug-likeness (QED) is 0.182. The molecule has 13 nitrogen and oxygen atoms in total. The van der Waals surface area contributed by atoms with Crippen molar-refractivity contribution in [1.82, 2.24) is 0 Å². The number of rotatable bonds is 4. The van der Waals surface area contributed by atoms with E-state index < -0.39 is 107 Å². The van der Waals surface area contributed by atoms with Gasteiger partial charge in [0.1, 0.15) is 77.6 Å². The predicted molar refractivity (Wildman–Crippen MR) is 131 cm³/mol. The van der Waals surface area contributed by atoms with Gasteiger partial charge in [0.05, 0.1) is 24.3 Å². The van der Waals surface area contributed by atoms with Crippen molar-refractivity contribution in [2.24, 2.45) is 0 Å². The number of hydrogen-bond acceptors (Lipinski definition) is 13. The summed E-state index contributed by atoms with van der Waals surface area (Å²) in [5.41, 5.74) is -1.79. The fraction of sp³-hybridized carbons (Fsp3) is 0.423. The maximum Gasteiger partial charge on any atom is 0.197 e. The van der Waals surface area contributed by atoms with E-state index in [1.54, 1.807) is 30.3 Å². The fourth-order valence-electron chi connectivity index (χ4n) is 5.09. The number of benzene rings is 2. The highest BCUT2D eigenvalue weighted by molar-refractivity contribution is 5.91. The minimum atomic E-state index is -1.95. The molecule has 210 valence electrons. The minimum Gasteiger partial charge on any atom is -0.507 e. The molecule has 2 aliphatic heterocycles. The standard InChI is InChI=1S/C26H28O13/c27-7-13-18(31)21(34)23(36)26(39-13)15-19(32)14-10(28)6-12(9-4-2-1-3-5-9)38-24(14)16(20(15)33)25-22(35)17(30)11(29)8-37-25/h1-6,11,13,17-18,21-23,25-27,29-36H,7-8H2/t11-,13-,17-,18-,21+,22-,23+,25-,26+/m1/s1. The van der Waals surface area contributed by atoms with E-state index in [1.165, 1.54) is 0 Å². The molecule has 39 heavy (non-hydrogen) atoms. The molecule has 0 unspecified atom stereocenters. The molecule has 0 bridgehead atoms. The average Bonchev–Trinajstić information content (AvgIpc) is 2.93. The Morgan fingerprint density at radius 3 is 2.13 bits per heavy atom. The predicted octanol–water partition coefficient (Wildman–Crippen LogP) is -1.46. The first-order valence-corrected chi connectivity index (χ1v) is 12.1. The third-order valence-electron chi connectivity index (χ3n) is 7.21. The summed E-state index contributed by atoms with van der Waals surface area (Å²) in [6.07, 6.45) is -15.4. The molecular formula is C26H28O13. The van der Waals surface area contributed by atoms with Crippen LogP contribution in [0.3, 0.4) is 0 Å². The van der Waals surface area contributed by atoms with Crippen LogP contribution in [-0.2, 0) is 9.47 Å². The van der Waals surface area contributed by atoms with Crippen LogP contribution in [0.25, 0.3) is 22.3 Å². The Hall–Kier alpha value is -3.11. The van der Waals surface area contributed by atoms with E-state index in [4.69, 9.17) is 13.9 Å². The summed E-state index contributed by atoms with van der Waals surface area (Å²) in [6.45, 7) is -1.29. The molecule has 0 aliphatic carbocycles. The maximum atomic E-state index is 13.4. The Kier molecular flexibility index (Phi) is 7.37. The monoisotopic (exact) mass is 548 g/mol. The molecule has 3 aromatic rings. The summed E-state index contributed by atoms with van der Waals surface area (Å²) in [6, 6.07) is 9.45. The number of aliphatic hydroxyl groups excluding tert-OH is 7. The van der Waals surface area contributed by atoms with E-state index in [0.29, 0.717) is 5.56 Å². The Morgan fingerprint density at radius 2 is 1.46 bits per heavy atom. The zero-order valence-corrected chi connectivity index (χ0v) is 20.2. The van der Waals surface area contributed by atoms with Crippen LogP contribution in [0.4, 0.5) is 0 Å². The van der Waals surface area contributed by atoms with E-state index in [-0.39, 0.29) is 5.76 Å². The number of ether oxygens (including phenoxy) is 2. The highest BCUT2D eigenvalue weighted by atomic mass is 16.5. The lowest BCUT2D eigenvalue weighted by atomic mass is 9.85. The minimum absolute atomic E-state index is 0.0274. The third kappa shape index (κ3) is 4.47. The smallest absolute Gasteiger partial charge is 0.197 e. The SMILES string of the molecule is O=c1cc(-c2ccccc2)oc2c([C@H]3OC[C@@H](O)[C@@H](O)[C@H]3O)c(O)c([C@@H]3O[C@H](CO)[C@@H](O)[C@H](O)[C@@H]3O)c(O)c12. The van der Waals surface area contributed by atoms with Gasteiger partial charge in [-0.05, 0) is 0 Å². The van der Waals surface area contributed by atoms with Gasteiger partial charge in [0.15, 0.2) is 11.0 Å². The Bertz CT molecular complexity index is 1400. The lowest BCUT2D eigenvalue weighted by molar-refractivity contribution is -0.232. The van der Waals surface area contributed by atoms with Crippen LogP contribution in [0.5, 0.6) is 11.5 Å². The van der Waals surface area contributed by atoms with Gasteiger partial charge in [0.2, 0.25) is 0 Å². The number of aromatic hydroxyl groups is 2. The first kappa shape index (κ1) is 27.5. The van der Waals surface area contributed by atoms with Gasteiger partial charge in [0, 0.05) is 11.6 Å². The van der Waals surface area contributed by atoms with Gasteiger partial charge in [-0.3, -0.25) is 4.79 Å². The fourth-order valence-corrected chi connectivity index (χ4v) is 5.09. The highest BCUT2D eigenvalue weighted by Gasteiger charge is 2.48. The second-order valence-electron chi connectivity index (χ2n) is 9.62. The Balaban J connectivity index is 1.80. The van der Waals surface area contributed by atoms with Crippen molar-refractivity contribution in [2.45, 2.75) is 54.9 Å². The first-order chi connectivity index (χ1) is 18.6. The van der Waals surface area contributed by atoms with Gasteiger partial charge in [0.25, 0.3) is 0 Å². The Labute approximate surface area is 220 Å². The van der Waals surface area contributed by atoms with Crippen molar-refractivity contribution >= 4 is 11.0 Å². The number of phenols is 2. The number of phenolic OH excluding ortho intramolecular Hbond substituents is 2. The van der Waals surface area contributed by atoms with Crippen LogP contribution in [-0.4, -0.2) is 102 Å². The molecule has 1 aromatic heterocycles. The molecule has 5 rings (SSSR count). The number of aliphatic hydroxyl groups is 7. The molecule has 2 saturated heterocycles. The van der Waals surface area contributed by atoms with Crippen LogP contribution in [0.1, 0.15) is 23.3 Å². The van der Waals surface area contributed by atoms with E-state index in [9.17, 15) is 50.8 Å². The second kappa shape index (κ2) is 10.5. The first-order valence-electron chi connectivity index (χ1n) is 12.1. The normalized spacial score (nSPS) is 33.4. The topological polar surface area (TPSA) is 231 Å². The summed E-state index contributed by atoms with van der Waals surface area (Å²) >= 11 is 0. The summed E-state index contributed by atoms with van der Waals surface area (Å²) in [5.74, 6) is -1.75. The molecule has 0 radical (unpaired) electrons. The zero-order chi connectivity index (χ0) is 28.2. The lowest BCUT2D eigenvalue weighted by Gasteiger charge is -2.41. The number of fused-ring (bicyclic) bond motifs is 1. The van der Waals surface area contributed by atoms with Crippen molar-refractivity contribution < 1.29 is 59.8 Å². The van der Waals surface area contributed by atoms with Crippen molar-refractivity contribution in [3.63, 3.8) is 0 Å². The molecule has 3 heterocycles. The van der Waals surface area contributed by atoms with Gasteiger partial charge in [-0.15, -0.1) is 0 Å². The lowest BCUT2D eigenvalue weighted by Crippen LogP contribution is -2.55. The molecule has 0 spiro atoms. The molecular weight excluding hydrogens is 520 g/mol. The van der Waals surface area contributed by atoms with Gasteiger partial charge in [-0.25, -0.2) is 0 Å². The largest absolute Gasteiger partial charge is 0.507 e. The summed E-state index contributed by atoms with van der Waals surface area (Å²) in [4.78, 5) is 13.4. The average molecular weight is 548 g/mol. The molecule has 2 fully saturated rings. The van der Waals surface area contributed by atoms with Gasteiger partial charge < -0.3 is 59.8 Å². The van der Waals surface area contributed by atoms with E-state index in [1.807, 2.05) is 0 Å². The van der Waals surface area contributed by atoms with Crippen molar-refractivity contribution in [3.05, 3.63) is 57.7 Å². The van der Waals surface area contributed by atoms with Crippen molar-refractivity contribution in [1.29, 1.82) is 0 Å². The molecule has 9 atom stereocenters. The van der Waals surface area contributed by atoms with E-state index in [0.717, 1.165) is 6.07 Å². The van der Waals surface area contributed by atoms with Crippen molar-refractivity contribution in [3.8, 4) is 22.8 Å². The molecule has 2 aromatic carbocycles. The van der Waals surface area contributed by atoms with Gasteiger partial charge in [-0.2, -0.15) is 0 Å². The van der Waals surface area contributed by atoms with Gasteiger partial charge >= 0.3 is 0 Å². The van der Waals surface area contributed by atoms with Gasteiger partial charge in [-0.1, -0.05) is 30.3 Å². The molecule has 2 aliphatic rings. The molecule has 9 N–H and O–H groups in total. The summed E-state index contributed by atoms with van der Waals surface area (Å²) in [5, 5.41) is 94.0. The second-order valence-corrected chi connectivity index (χ2v) is 9.62. The molecule has 0 amide bonds. The van der Waals surface area contributed by atoms with Crippen LogP contribution in [0, 0.1) is 0 Å². The van der Waals surface area contributed by atoms with Crippen LogP contribution >= 0.6 is 0 Å². The molecule has 13 heteroatoms. The van der Waals surface area contributed by atoms with Crippen LogP contribution in [0.2, 0.25) is 0 Å².